The van der Waals surface area contributed by atoms with Crippen LogP contribution in [0.2, 0.25) is 0 Å². The molecule has 0 aliphatic rings. The number of benzene rings is 2. The van der Waals surface area contributed by atoms with Gasteiger partial charge in [0.05, 0.1) is 20.4 Å². The molecule has 0 aliphatic heterocycles. The van der Waals surface area contributed by atoms with Crippen molar-refractivity contribution in [3.63, 3.8) is 0 Å². The molecule has 0 bridgehead atoms. The monoisotopic (exact) mass is 326 g/mol. The molecule has 0 aliphatic carbocycles. The van der Waals surface area contributed by atoms with Gasteiger partial charge in [0.25, 0.3) is 0 Å². The zero-order valence-electron chi connectivity index (χ0n) is 10.5. The van der Waals surface area contributed by atoms with Gasteiger partial charge < -0.3 is 0 Å². The van der Waals surface area contributed by atoms with E-state index < -0.39 is 0 Å². The number of nitrogens with zero attached hydrogens (tertiary/aromatic N) is 6. The summed E-state index contributed by atoms with van der Waals surface area (Å²) in [7, 11) is 0. The van der Waals surface area contributed by atoms with Gasteiger partial charge >= 0.3 is 0 Å². The average Bonchev–Trinajstić information content (AvgIpc) is 3.28. The Morgan fingerprint density at radius 3 is 1.55 bits per heavy atom. The van der Waals surface area contributed by atoms with Gasteiger partial charge in [0.2, 0.25) is 0 Å². The lowest BCUT2D eigenvalue weighted by atomic mass is 10.1. The fraction of sp³-hybridized carbons (Fsp3) is 0. The van der Waals surface area contributed by atoms with E-state index in [2.05, 4.69) is 30.6 Å². The maximum absolute atomic E-state index is 4.96. The van der Waals surface area contributed by atoms with Gasteiger partial charge in [-0.2, -0.15) is 0 Å². The molecule has 4 heterocycles. The summed E-state index contributed by atoms with van der Waals surface area (Å²) in [6.45, 7) is 0. The maximum Gasteiger partial charge on any atom is 0.163 e. The number of fused-ring (bicyclic) bond motifs is 11. The van der Waals surface area contributed by atoms with E-state index in [4.69, 9.17) is 9.26 Å². The summed E-state index contributed by atoms with van der Waals surface area (Å²) < 4.78 is 11.9. The van der Waals surface area contributed by atoms with Gasteiger partial charge in [0, 0.05) is 10.8 Å². The lowest BCUT2D eigenvalue weighted by Crippen LogP contribution is -1.84. The van der Waals surface area contributed by atoms with Crippen molar-refractivity contribution >= 4 is 75.9 Å². The van der Waals surface area contributed by atoms with Gasteiger partial charge in [-0.25, -0.2) is 19.2 Å². The van der Waals surface area contributed by atoms with Crippen LogP contribution in [0.1, 0.15) is 0 Å². The third kappa shape index (κ3) is 1.07. The van der Waals surface area contributed by atoms with E-state index in [1.807, 2.05) is 0 Å². The molecule has 4 aromatic heterocycles. The van der Waals surface area contributed by atoms with E-state index in [1.54, 1.807) is 11.0 Å². The molecule has 6 rings (SSSR count). The number of rotatable bonds is 0. The Hall–Kier alpha value is -2.72. The summed E-state index contributed by atoms with van der Waals surface area (Å²) in [6, 6.07) is 0. The zero-order chi connectivity index (χ0) is 14.3. The van der Waals surface area contributed by atoms with Crippen LogP contribution in [0.25, 0.3) is 53.3 Å². The molecular formula is C12H2N6O2S2. The Labute approximate surface area is 127 Å². The summed E-state index contributed by atoms with van der Waals surface area (Å²) in [5.74, 6) is 0. The molecule has 2 aromatic carbocycles. The van der Waals surface area contributed by atoms with Crippen molar-refractivity contribution in [2.45, 2.75) is 0 Å². The van der Waals surface area contributed by atoms with Crippen LogP contribution in [0, 0.1) is 0 Å². The summed E-state index contributed by atoms with van der Waals surface area (Å²) in [5, 5.41) is 18.0. The van der Waals surface area contributed by atoms with Gasteiger partial charge in [0.1, 0.15) is 22.1 Å². The van der Waals surface area contributed by atoms with Crippen molar-refractivity contribution in [1.82, 2.24) is 30.6 Å². The molecule has 0 amide bonds. The molecule has 0 saturated heterocycles. The molecule has 22 heavy (non-hydrogen) atoms. The highest BCUT2D eigenvalue weighted by molar-refractivity contribution is 7.19. The first-order chi connectivity index (χ1) is 10.9. The molecule has 6 aromatic rings. The van der Waals surface area contributed by atoms with Crippen LogP contribution in [-0.2, 0) is 0 Å². The van der Waals surface area contributed by atoms with Crippen LogP contribution >= 0.6 is 22.7 Å². The van der Waals surface area contributed by atoms with E-state index >= 15 is 0 Å². The third-order valence-electron chi connectivity index (χ3n) is 3.74. The largest absolute Gasteiger partial charge is 0.243 e. The van der Waals surface area contributed by atoms with Crippen LogP contribution in [0.5, 0.6) is 0 Å². The number of thiazole rings is 2. The minimum Gasteiger partial charge on any atom is -0.243 e. The molecule has 0 spiro atoms. The number of hydrogen-bond donors (Lipinski definition) is 0. The average molecular weight is 326 g/mol. The van der Waals surface area contributed by atoms with Crippen LogP contribution < -0.4 is 0 Å². The van der Waals surface area contributed by atoms with Crippen LogP contribution in [0.4, 0.5) is 0 Å². The molecule has 0 unspecified atom stereocenters. The summed E-state index contributed by atoms with van der Waals surface area (Å²) in [5.41, 5.74) is 7.66. The van der Waals surface area contributed by atoms with Crippen LogP contribution in [-0.4, -0.2) is 30.6 Å². The van der Waals surface area contributed by atoms with Gasteiger partial charge in [-0.3, -0.25) is 0 Å². The van der Waals surface area contributed by atoms with Crippen LogP contribution in [0.3, 0.4) is 0 Å². The predicted octanol–water partition coefficient (Wildman–Crippen LogP) is 3.13. The van der Waals surface area contributed by atoms with E-state index in [0.29, 0.717) is 22.1 Å². The minimum absolute atomic E-state index is 0.647. The Bertz CT molecular complexity index is 1140. The van der Waals surface area contributed by atoms with Crippen molar-refractivity contribution in [1.29, 1.82) is 0 Å². The van der Waals surface area contributed by atoms with Crippen LogP contribution in [0.15, 0.2) is 20.3 Å². The quantitative estimate of drug-likeness (QED) is 0.419. The van der Waals surface area contributed by atoms with E-state index in [1.165, 1.54) is 22.7 Å². The van der Waals surface area contributed by atoms with E-state index in [9.17, 15) is 0 Å². The topological polar surface area (TPSA) is 104 Å². The van der Waals surface area contributed by atoms with Gasteiger partial charge in [-0.15, -0.1) is 22.7 Å². The zero-order valence-corrected chi connectivity index (χ0v) is 12.1. The van der Waals surface area contributed by atoms with Gasteiger partial charge in [0.15, 0.2) is 11.0 Å². The van der Waals surface area contributed by atoms with Crippen molar-refractivity contribution < 1.29 is 9.26 Å². The van der Waals surface area contributed by atoms with Crippen molar-refractivity contribution in [3.05, 3.63) is 11.0 Å². The molecule has 0 fully saturated rings. The molecular weight excluding hydrogens is 324 g/mol. The highest BCUT2D eigenvalue weighted by atomic mass is 32.1. The number of aromatic nitrogens is 6. The second-order valence-corrected chi connectivity index (χ2v) is 6.44. The molecule has 0 saturated carbocycles. The SMILES string of the molecule is c1nc2c3nonc3c3c4scnc4c4nonc4c3c2s1. The molecule has 0 N–H and O–H groups in total. The second kappa shape index (κ2) is 3.54. The summed E-state index contributed by atoms with van der Waals surface area (Å²) >= 11 is 3.04. The second-order valence-electron chi connectivity index (χ2n) is 4.73. The highest BCUT2D eigenvalue weighted by Crippen LogP contribution is 2.43. The fourth-order valence-electron chi connectivity index (χ4n) is 2.88. The Kier molecular flexibility index (Phi) is 1.76. The van der Waals surface area contributed by atoms with Crippen molar-refractivity contribution in [3.8, 4) is 0 Å². The van der Waals surface area contributed by atoms with E-state index in [-0.39, 0.29) is 0 Å². The molecule has 8 nitrogen and oxygen atoms in total. The maximum atomic E-state index is 4.96. The minimum atomic E-state index is 0.647. The Balaban J connectivity index is 2.19. The normalized spacial score (nSPS) is 12.5. The predicted molar refractivity (Wildman–Crippen MR) is 81.0 cm³/mol. The van der Waals surface area contributed by atoms with E-state index in [0.717, 1.165) is 31.2 Å². The summed E-state index contributed by atoms with van der Waals surface area (Å²) in [6.07, 6.45) is 0. The third-order valence-corrected chi connectivity index (χ3v) is 5.43. The standard InChI is InChI=1S/C12H2N6O2S2/c1-13-9-7-6(16-19-17-7)4-3(11(9)21-1)5-8(18-20-15-5)10-12(4)22-2-14-10/h1-2H. The summed E-state index contributed by atoms with van der Waals surface area (Å²) in [4.78, 5) is 8.79. The highest BCUT2D eigenvalue weighted by Gasteiger charge is 2.23. The first-order valence-corrected chi connectivity index (χ1v) is 7.98. The van der Waals surface area contributed by atoms with Gasteiger partial charge in [-0.1, -0.05) is 0 Å². The Morgan fingerprint density at radius 2 is 1.05 bits per heavy atom. The smallest absolute Gasteiger partial charge is 0.163 e. The Morgan fingerprint density at radius 1 is 0.591 bits per heavy atom. The van der Waals surface area contributed by atoms with Crippen molar-refractivity contribution in [2.75, 3.05) is 0 Å². The molecule has 0 atom stereocenters. The molecule has 0 radical (unpaired) electrons. The number of hydrogen-bond acceptors (Lipinski definition) is 10. The van der Waals surface area contributed by atoms with Gasteiger partial charge in [-0.05, 0) is 20.6 Å². The lowest BCUT2D eigenvalue weighted by Gasteiger charge is -2.01. The molecule has 104 valence electrons. The van der Waals surface area contributed by atoms with Crippen molar-refractivity contribution in [2.24, 2.45) is 0 Å². The first-order valence-electron chi connectivity index (χ1n) is 6.22. The fourth-order valence-corrected chi connectivity index (χ4v) is 4.56. The lowest BCUT2D eigenvalue weighted by molar-refractivity contribution is 0.316. The first kappa shape index (κ1) is 10.9. The molecule has 10 heteroatoms.